The van der Waals surface area contributed by atoms with Gasteiger partial charge >= 0.3 is 0 Å². The van der Waals surface area contributed by atoms with Crippen molar-refractivity contribution in [3.8, 4) is 0 Å². The van der Waals surface area contributed by atoms with E-state index in [1.54, 1.807) is 11.4 Å². The van der Waals surface area contributed by atoms with E-state index in [0.29, 0.717) is 10.4 Å². The van der Waals surface area contributed by atoms with Crippen molar-refractivity contribution in [2.75, 3.05) is 6.61 Å². The number of amides is 2. The molecule has 2 saturated carbocycles. The van der Waals surface area contributed by atoms with Gasteiger partial charge in [-0.05, 0) is 32.3 Å². The first-order valence-corrected chi connectivity index (χ1v) is 8.75. The van der Waals surface area contributed by atoms with Gasteiger partial charge in [0.2, 0.25) is 5.91 Å². The van der Waals surface area contributed by atoms with Gasteiger partial charge in [0.1, 0.15) is 0 Å². The molecule has 1 aromatic rings. The minimum absolute atomic E-state index is 0.108. The number of thiophene rings is 1. The van der Waals surface area contributed by atoms with Crippen LogP contribution in [0.5, 0.6) is 0 Å². The highest BCUT2D eigenvalue weighted by Crippen LogP contribution is 2.54. The van der Waals surface area contributed by atoms with Crippen LogP contribution < -0.4 is 11.1 Å². The van der Waals surface area contributed by atoms with Crippen LogP contribution >= 0.6 is 11.3 Å². The van der Waals surface area contributed by atoms with Crippen LogP contribution in [0.15, 0.2) is 11.4 Å². The molecule has 0 aromatic carbocycles. The lowest BCUT2D eigenvalue weighted by molar-refractivity contribution is -0.127. The number of primary amides is 1. The highest BCUT2D eigenvalue weighted by atomic mass is 32.1. The Morgan fingerprint density at radius 3 is 2.77 bits per heavy atom. The molecular formula is C16H22N2O3S. The summed E-state index contributed by atoms with van der Waals surface area (Å²) in [6, 6.07) is 1.75. The summed E-state index contributed by atoms with van der Waals surface area (Å²) in [6.45, 7) is 2.74. The predicted molar refractivity (Wildman–Crippen MR) is 85.0 cm³/mol. The van der Waals surface area contributed by atoms with Crippen molar-refractivity contribution in [2.45, 2.75) is 51.2 Å². The number of hydrogen-bond donors (Lipinski definition) is 2. The summed E-state index contributed by atoms with van der Waals surface area (Å²) in [5.41, 5.74) is 5.75. The molecule has 1 spiro atoms. The van der Waals surface area contributed by atoms with Crippen molar-refractivity contribution in [2.24, 2.45) is 11.1 Å². The first-order chi connectivity index (χ1) is 10.6. The van der Waals surface area contributed by atoms with Gasteiger partial charge in [-0.1, -0.05) is 12.8 Å². The van der Waals surface area contributed by atoms with E-state index in [4.69, 9.17) is 10.5 Å². The summed E-state index contributed by atoms with van der Waals surface area (Å²) in [6.07, 6.45) is 5.82. The average molecular weight is 322 g/mol. The molecule has 1 heterocycles. The van der Waals surface area contributed by atoms with Gasteiger partial charge in [0, 0.05) is 23.4 Å². The second kappa shape index (κ2) is 6.01. The number of hydrogen-bond acceptors (Lipinski definition) is 4. The van der Waals surface area contributed by atoms with Crippen molar-refractivity contribution < 1.29 is 14.3 Å². The Balaban J connectivity index is 1.67. The molecule has 6 heteroatoms. The van der Waals surface area contributed by atoms with Crippen LogP contribution in [-0.4, -0.2) is 30.6 Å². The lowest BCUT2D eigenvalue weighted by atomic mass is 9.60. The molecule has 0 aliphatic heterocycles. The zero-order valence-corrected chi connectivity index (χ0v) is 13.6. The monoisotopic (exact) mass is 322 g/mol. The normalized spacial score (nSPS) is 25.9. The minimum Gasteiger partial charge on any atom is -0.378 e. The highest BCUT2D eigenvalue weighted by Gasteiger charge is 2.57. The second-order valence-corrected chi connectivity index (χ2v) is 7.12. The molecule has 0 saturated heterocycles. The van der Waals surface area contributed by atoms with Crippen molar-refractivity contribution in [3.05, 3.63) is 21.9 Å². The maximum absolute atomic E-state index is 12.4. The summed E-state index contributed by atoms with van der Waals surface area (Å²) in [7, 11) is 0. The predicted octanol–water partition coefficient (Wildman–Crippen LogP) is 2.31. The average Bonchev–Trinajstić information content (AvgIpc) is 3.16. The summed E-state index contributed by atoms with van der Waals surface area (Å²) < 4.78 is 5.86. The molecule has 1 aromatic heterocycles. The summed E-state index contributed by atoms with van der Waals surface area (Å²) in [4.78, 5) is 24.1. The molecule has 22 heavy (non-hydrogen) atoms. The maximum atomic E-state index is 12.4. The summed E-state index contributed by atoms with van der Waals surface area (Å²) in [5.74, 6) is -0.605. The fraction of sp³-hybridized carbons (Fsp3) is 0.625. The standard InChI is InChI=1S/C16H22N2O3S/c1-2-21-13-8-12(16(13)5-3-4-6-16)18-15(20)11-7-10(9-22-11)14(17)19/h7,9,12-13H,2-6,8H2,1H3,(H2,17,19)(H,18,20). The van der Waals surface area contributed by atoms with E-state index < -0.39 is 5.91 Å². The molecule has 120 valence electrons. The smallest absolute Gasteiger partial charge is 0.261 e. The summed E-state index contributed by atoms with van der Waals surface area (Å²) >= 11 is 1.26. The second-order valence-electron chi connectivity index (χ2n) is 6.21. The zero-order chi connectivity index (χ0) is 15.7. The molecule has 2 aliphatic carbocycles. The molecule has 3 rings (SSSR count). The van der Waals surface area contributed by atoms with Crippen LogP contribution in [-0.2, 0) is 4.74 Å². The van der Waals surface area contributed by atoms with Crippen molar-refractivity contribution >= 4 is 23.2 Å². The molecule has 2 aliphatic rings. The molecular weight excluding hydrogens is 300 g/mol. The molecule has 3 N–H and O–H groups in total. The minimum atomic E-state index is -0.498. The molecule has 0 bridgehead atoms. The van der Waals surface area contributed by atoms with Crippen molar-refractivity contribution in [3.63, 3.8) is 0 Å². The van der Waals surface area contributed by atoms with Crippen LogP contribution in [0.2, 0.25) is 0 Å². The third kappa shape index (κ3) is 2.54. The molecule has 2 unspecified atom stereocenters. The first kappa shape index (κ1) is 15.5. The third-order valence-electron chi connectivity index (χ3n) is 5.10. The Morgan fingerprint density at radius 1 is 1.45 bits per heavy atom. The van der Waals surface area contributed by atoms with E-state index in [0.717, 1.165) is 25.9 Å². The van der Waals surface area contributed by atoms with Crippen LogP contribution in [0.3, 0.4) is 0 Å². The fourth-order valence-electron chi connectivity index (χ4n) is 3.90. The Labute approximate surface area is 134 Å². The Kier molecular flexibility index (Phi) is 4.23. The van der Waals surface area contributed by atoms with E-state index in [1.165, 1.54) is 24.2 Å². The van der Waals surface area contributed by atoms with Gasteiger partial charge in [-0.2, -0.15) is 0 Å². The zero-order valence-electron chi connectivity index (χ0n) is 12.8. The van der Waals surface area contributed by atoms with Gasteiger partial charge in [-0.15, -0.1) is 11.3 Å². The number of nitrogens with one attached hydrogen (secondary N) is 1. The van der Waals surface area contributed by atoms with Gasteiger partial charge in [-0.25, -0.2) is 0 Å². The highest BCUT2D eigenvalue weighted by molar-refractivity contribution is 7.12. The van der Waals surface area contributed by atoms with Gasteiger partial charge in [0.15, 0.2) is 0 Å². The Hall–Kier alpha value is -1.40. The van der Waals surface area contributed by atoms with E-state index in [9.17, 15) is 9.59 Å². The van der Waals surface area contributed by atoms with Crippen LogP contribution in [0.25, 0.3) is 0 Å². The van der Waals surface area contributed by atoms with E-state index in [1.807, 2.05) is 6.92 Å². The fourth-order valence-corrected chi connectivity index (χ4v) is 4.70. The van der Waals surface area contributed by atoms with E-state index in [2.05, 4.69) is 5.32 Å². The van der Waals surface area contributed by atoms with E-state index in [-0.39, 0.29) is 23.5 Å². The number of ether oxygens (including phenoxy) is 1. The number of carbonyl (C=O) groups excluding carboxylic acids is 2. The quantitative estimate of drug-likeness (QED) is 0.873. The summed E-state index contributed by atoms with van der Waals surface area (Å²) in [5, 5.41) is 4.78. The molecule has 0 radical (unpaired) electrons. The topological polar surface area (TPSA) is 81.4 Å². The van der Waals surface area contributed by atoms with E-state index >= 15 is 0 Å². The van der Waals surface area contributed by atoms with Crippen LogP contribution in [0, 0.1) is 5.41 Å². The number of nitrogens with two attached hydrogens (primary N) is 1. The SMILES string of the molecule is CCOC1CC(NC(=O)c2cc(C(N)=O)cs2)C12CCCC2. The molecule has 5 nitrogen and oxygen atoms in total. The van der Waals surface area contributed by atoms with Gasteiger partial charge in [-0.3, -0.25) is 9.59 Å². The lowest BCUT2D eigenvalue weighted by Crippen LogP contribution is -2.63. The largest absolute Gasteiger partial charge is 0.378 e. The number of rotatable bonds is 5. The molecule has 2 amide bonds. The van der Waals surface area contributed by atoms with Crippen molar-refractivity contribution in [1.82, 2.24) is 5.32 Å². The van der Waals surface area contributed by atoms with Gasteiger partial charge in [0.05, 0.1) is 16.5 Å². The third-order valence-corrected chi connectivity index (χ3v) is 6.03. The Bertz CT molecular complexity index is 578. The van der Waals surface area contributed by atoms with Crippen molar-refractivity contribution in [1.29, 1.82) is 0 Å². The van der Waals surface area contributed by atoms with Gasteiger partial charge in [0.25, 0.3) is 5.91 Å². The number of carbonyl (C=O) groups is 2. The van der Waals surface area contributed by atoms with Crippen LogP contribution in [0.4, 0.5) is 0 Å². The molecule has 2 fully saturated rings. The molecule has 2 atom stereocenters. The van der Waals surface area contributed by atoms with Gasteiger partial charge < -0.3 is 15.8 Å². The first-order valence-electron chi connectivity index (χ1n) is 7.87. The Morgan fingerprint density at radius 2 is 2.18 bits per heavy atom. The maximum Gasteiger partial charge on any atom is 0.261 e. The lowest BCUT2D eigenvalue weighted by Gasteiger charge is -2.54. The van der Waals surface area contributed by atoms with Crippen LogP contribution in [0.1, 0.15) is 59.1 Å².